The Balaban J connectivity index is 1.20. The van der Waals surface area contributed by atoms with Gasteiger partial charge >= 0.3 is 0 Å². The zero-order chi connectivity index (χ0) is 25.5. The van der Waals surface area contributed by atoms with Gasteiger partial charge in [0.05, 0.1) is 11.4 Å². The summed E-state index contributed by atoms with van der Waals surface area (Å²) < 4.78 is 0. The first-order chi connectivity index (χ1) is 18.2. The summed E-state index contributed by atoms with van der Waals surface area (Å²) in [4.78, 5) is 5.07. The number of rotatable bonds is 10. The van der Waals surface area contributed by atoms with E-state index >= 15 is 0 Å². The molecule has 198 valence electrons. The fraction of sp³-hybridized carbons (Fsp3) is 0.548. The minimum absolute atomic E-state index is 0.778. The van der Waals surface area contributed by atoms with Gasteiger partial charge in [0.1, 0.15) is 0 Å². The molecule has 0 unspecified atom stereocenters. The van der Waals surface area contributed by atoms with E-state index in [1.165, 1.54) is 87.0 Å². The van der Waals surface area contributed by atoms with Gasteiger partial charge < -0.3 is 20.2 Å². The number of benzene rings is 2. The standard InChI is InChI=1S/C31H42N4O2/c36-32-30(9-7-19-34-15-3-1-4-16-34)24-11-13-28-26(21-24)23-27-22-25(12-14-29(27)28)31(33-37)10-8-20-35-17-5-2-6-18-35/h11-14,21-22,36-37H,1-10,15-20,23H2. The predicted molar refractivity (Wildman–Crippen MR) is 150 cm³/mol. The number of fused-ring (bicyclic) bond motifs is 3. The lowest BCUT2D eigenvalue weighted by Crippen LogP contribution is -2.30. The van der Waals surface area contributed by atoms with E-state index in [4.69, 9.17) is 0 Å². The first-order valence-electron chi connectivity index (χ1n) is 14.4. The molecule has 0 aromatic heterocycles. The Morgan fingerprint density at radius 3 is 1.46 bits per heavy atom. The molecule has 2 aliphatic heterocycles. The summed E-state index contributed by atoms with van der Waals surface area (Å²) in [5, 5.41) is 26.9. The van der Waals surface area contributed by atoms with E-state index in [9.17, 15) is 10.4 Å². The van der Waals surface area contributed by atoms with Gasteiger partial charge in [0, 0.05) is 0 Å². The molecule has 5 rings (SSSR count). The van der Waals surface area contributed by atoms with Crippen LogP contribution in [0.25, 0.3) is 11.1 Å². The van der Waals surface area contributed by atoms with E-state index in [0.29, 0.717) is 0 Å². The second-order valence-corrected chi connectivity index (χ2v) is 11.0. The summed E-state index contributed by atoms with van der Waals surface area (Å²) in [5.74, 6) is 0. The molecule has 1 aliphatic carbocycles. The van der Waals surface area contributed by atoms with Crippen LogP contribution >= 0.6 is 0 Å². The second-order valence-electron chi connectivity index (χ2n) is 11.0. The molecular weight excluding hydrogens is 460 g/mol. The van der Waals surface area contributed by atoms with Crippen molar-refractivity contribution in [2.75, 3.05) is 39.3 Å². The number of oxime groups is 2. The van der Waals surface area contributed by atoms with Crippen LogP contribution in [0.1, 0.15) is 86.5 Å². The molecule has 2 aromatic rings. The van der Waals surface area contributed by atoms with Gasteiger partial charge in [0.2, 0.25) is 0 Å². The van der Waals surface area contributed by atoms with Crippen LogP contribution in [0, 0.1) is 0 Å². The maximum atomic E-state index is 9.75. The molecule has 0 spiro atoms. The van der Waals surface area contributed by atoms with Crippen LogP contribution in [0.3, 0.4) is 0 Å². The highest BCUT2D eigenvalue weighted by Gasteiger charge is 2.21. The quantitative estimate of drug-likeness (QED) is 0.198. The molecular formula is C31H42N4O2. The minimum Gasteiger partial charge on any atom is -0.411 e. The van der Waals surface area contributed by atoms with E-state index in [-0.39, 0.29) is 0 Å². The predicted octanol–water partition coefficient (Wildman–Crippen LogP) is 6.15. The van der Waals surface area contributed by atoms with Gasteiger partial charge in [0.25, 0.3) is 0 Å². The van der Waals surface area contributed by atoms with Crippen molar-refractivity contribution in [1.29, 1.82) is 0 Å². The van der Waals surface area contributed by atoms with Crippen molar-refractivity contribution in [3.05, 3.63) is 58.7 Å². The van der Waals surface area contributed by atoms with Crippen molar-refractivity contribution in [2.45, 2.75) is 70.6 Å². The van der Waals surface area contributed by atoms with Crippen molar-refractivity contribution >= 4 is 11.4 Å². The van der Waals surface area contributed by atoms with Crippen LogP contribution in [0.4, 0.5) is 0 Å². The first kappa shape index (κ1) is 25.9. The van der Waals surface area contributed by atoms with Gasteiger partial charge in [-0.2, -0.15) is 0 Å². The summed E-state index contributed by atoms with van der Waals surface area (Å²) in [6.07, 6.45) is 12.4. The molecule has 0 saturated carbocycles. The average molecular weight is 503 g/mol. The zero-order valence-corrected chi connectivity index (χ0v) is 22.2. The summed E-state index contributed by atoms with van der Waals surface area (Å²) in [6, 6.07) is 12.9. The molecule has 6 heteroatoms. The van der Waals surface area contributed by atoms with Crippen LogP contribution in [-0.2, 0) is 6.42 Å². The van der Waals surface area contributed by atoms with E-state index in [0.717, 1.165) is 67.7 Å². The second kappa shape index (κ2) is 12.7. The van der Waals surface area contributed by atoms with Crippen molar-refractivity contribution in [2.24, 2.45) is 10.3 Å². The largest absolute Gasteiger partial charge is 0.411 e. The van der Waals surface area contributed by atoms with Crippen LogP contribution < -0.4 is 0 Å². The van der Waals surface area contributed by atoms with Crippen LogP contribution in [0.2, 0.25) is 0 Å². The van der Waals surface area contributed by atoms with Crippen LogP contribution in [0.15, 0.2) is 46.7 Å². The van der Waals surface area contributed by atoms with E-state index in [1.54, 1.807) is 0 Å². The smallest absolute Gasteiger partial charge is 0.0868 e. The fourth-order valence-corrected chi connectivity index (χ4v) is 6.38. The lowest BCUT2D eigenvalue weighted by atomic mass is 9.98. The van der Waals surface area contributed by atoms with Crippen molar-refractivity contribution in [3.8, 4) is 11.1 Å². The molecule has 37 heavy (non-hydrogen) atoms. The van der Waals surface area contributed by atoms with Crippen LogP contribution in [0.5, 0.6) is 0 Å². The maximum absolute atomic E-state index is 9.75. The monoisotopic (exact) mass is 502 g/mol. The topological polar surface area (TPSA) is 71.7 Å². The van der Waals surface area contributed by atoms with E-state index in [2.05, 4.69) is 56.5 Å². The van der Waals surface area contributed by atoms with Crippen LogP contribution in [-0.4, -0.2) is 70.9 Å². The van der Waals surface area contributed by atoms with E-state index < -0.39 is 0 Å². The molecule has 2 saturated heterocycles. The Labute approximate surface area is 221 Å². The maximum Gasteiger partial charge on any atom is 0.0868 e. The Morgan fingerprint density at radius 1 is 0.622 bits per heavy atom. The molecule has 2 aromatic carbocycles. The molecule has 0 radical (unpaired) electrons. The van der Waals surface area contributed by atoms with Crippen molar-refractivity contribution in [3.63, 3.8) is 0 Å². The third-order valence-corrected chi connectivity index (χ3v) is 8.46. The first-order valence-corrected chi connectivity index (χ1v) is 14.4. The number of nitrogens with zero attached hydrogens (tertiary/aromatic N) is 4. The lowest BCUT2D eigenvalue weighted by molar-refractivity contribution is 0.227. The Morgan fingerprint density at radius 2 is 1.05 bits per heavy atom. The SMILES string of the molecule is ON=C(CCCN1CCCCC1)c1ccc2c(c1)Cc1cc(C(CCCN3CCCCC3)=NO)ccc1-2. The third kappa shape index (κ3) is 6.42. The summed E-state index contributed by atoms with van der Waals surface area (Å²) >= 11 is 0. The highest BCUT2D eigenvalue weighted by Crippen LogP contribution is 2.38. The molecule has 0 amide bonds. The van der Waals surface area contributed by atoms with Gasteiger partial charge in [-0.15, -0.1) is 0 Å². The van der Waals surface area contributed by atoms with Crippen molar-refractivity contribution < 1.29 is 10.4 Å². The molecule has 0 bridgehead atoms. The van der Waals surface area contributed by atoms with E-state index in [1.807, 2.05) is 0 Å². The molecule has 2 heterocycles. The highest BCUT2D eigenvalue weighted by atomic mass is 16.4. The molecule has 0 atom stereocenters. The van der Waals surface area contributed by atoms with Gasteiger partial charge in [-0.25, -0.2) is 0 Å². The van der Waals surface area contributed by atoms with Gasteiger partial charge in [-0.3, -0.25) is 0 Å². The molecule has 2 N–H and O–H groups in total. The minimum atomic E-state index is 0.778. The van der Waals surface area contributed by atoms with Gasteiger partial charge in [-0.05, 0) is 143 Å². The molecule has 2 fully saturated rings. The lowest BCUT2D eigenvalue weighted by Gasteiger charge is -2.26. The summed E-state index contributed by atoms with van der Waals surface area (Å²) in [6.45, 7) is 6.95. The van der Waals surface area contributed by atoms with Crippen molar-refractivity contribution in [1.82, 2.24) is 9.80 Å². The number of hydrogen-bond acceptors (Lipinski definition) is 6. The Hall–Kier alpha value is -2.70. The number of hydrogen-bond donors (Lipinski definition) is 2. The zero-order valence-electron chi connectivity index (χ0n) is 22.2. The Bertz CT molecular complexity index is 1030. The summed E-state index contributed by atoms with van der Waals surface area (Å²) in [5.41, 5.74) is 8.64. The summed E-state index contributed by atoms with van der Waals surface area (Å²) in [7, 11) is 0. The van der Waals surface area contributed by atoms with Gasteiger partial charge in [0.15, 0.2) is 0 Å². The third-order valence-electron chi connectivity index (χ3n) is 8.46. The molecule has 3 aliphatic rings. The van der Waals surface area contributed by atoms with Gasteiger partial charge in [-0.1, -0.05) is 47.4 Å². The number of piperidine rings is 2. The normalized spacial score (nSPS) is 19.1. The average Bonchev–Trinajstić information content (AvgIpc) is 3.31. The fourth-order valence-electron chi connectivity index (χ4n) is 6.38. The highest BCUT2D eigenvalue weighted by molar-refractivity contribution is 6.02. The molecule has 6 nitrogen and oxygen atoms in total. The Kier molecular flexibility index (Phi) is 8.90. The number of likely N-dealkylation sites (tertiary alicyclic amines) is 2.